The summed E-state index contributed by atoms with van der Waals surface area (Å²) in [6, 6.07) is 9.36. The molecule has 146 valence electrons. The van der Waals surface area contributed by atoms with E-state index in [0.29, 0.717) is 39.6 Å². The van der Waals surface area contributed by atoms with Crippen LogP contribution in [0.3, 0.4) is 0 Å². The maximum absolute atomic E-state index is 13.2. The number of H-pyrrole nitrogens is 4. The Bertz CT molecular complexity index is 1160. The maximum atomic E-state index is 13.2. The fourth-order valence-electron chi connectivity index (χ4n) is 3.31. The molecule has 0 radical (unpaired) electrons. The lowest BCUT2D eigenvalue weighted by molar-refractivity contribution is 0.513. The van der Waals surface area contributed by atoms with Crippen LogP contribution < -0.4 is 11.1 Å². The van der Waals surface area contributed by atoms with Gasteiger partial charge in [-0.3, -0.25) is 19.8 Å². The van der Waals surface area contributed by atoms with Crippen molar-refractivity contribution in [3.8, 4) is 11.3 Å². The number of furan rings is 1. The predicted molar refractivity (Wildman–Crippen MR) is 105 cm³/mol. The molecule has 1 aromatic carbocycles. The second-order valence-electron chi connectivity index (χ2n) is 6.38. The van der Waals surface area contributed by atoms with Gasteiger partial charge in [0.1, 0.15) is 17.3 Å². The average molecular weight is 405 g/mol. The van der Waals surface area contributed by atoms with Crippen LogP contribution in [0, 0.1) is 19.7 Å². The van der Waals surface area contributed by atoms with E-state index in [9.17, 15) is 14.0 Å². The van der Waals surface area contributed by atoms with E-state index in [4.69, 9.17) is 4.42 Å². The van der Waals surface area contributed by atoms with Crippen LogP contribution in [0.25, 0.3) is 11.3 Å². The van der Waals surface area contributed by atoms with Crippen LogP contribution in [0.4, 0.5) is 4.39 Å². The van der Waals surface area contributed by atoms with Crippen molar-refractivity contribution in [2.75, 3.05) is 0 Å². The molecular formula is C19H18ClFN4O3. The molecule has 9 heteroatoms. The van der Waals surface area contributed by atoms with Gasteiger partial charge < -0.3 is 14.6 Å². The topological polar surface area (TPSA) is 110 Å². The van der Waals surface area contributed by atoms with E-state index in [1.54, 1.807) is 38.1 Å². The molecule has 0 bridgehead atoms. The van der Waals surface area contributed by atoms with Crippen LogP contribution in [-0.4, -0.2) is 20.4 Å². The summed E-state index contributed by atoms with van der Waals surface area (Å²) in [5.41, 5.74) is 2.09. The van der Waals surface area contributed by atoms with Crippen LogP contribution in [-0.2, 0) is 0 Å². The lowest BCUT2D eigenvalue weighted by atomic mass is 9.89. The number of rotatable bonds is 4. The summed E-state index contributed by atoms with van der Waals surface area (Å²) < 4.78 is 19.2. The van der Waals surface area contributed by atoms with E-state index in [1.165, 1.54) is 12.1 Å². The zero-order valence-corrected chi connectivity index (χ0v) is 15.9. The van der Waals surface area contributed by atoms with Crippen LogP contribution in [0.2, 0.25) is 0 Å². The van der Waals surface area contributed by atoms with Crippen molar-refractivity contribution in [3.05, 3.63) is 91.2 Å². The Labute approximate surface area is 164 Å². The highest BCUT2D eigenvalue weighted by Crippen LogP contribution is 2.34. The van der Waals surface area contributed by atoms with Crippen molar-refractivity contribution in [1.29, 1.82) is 0 Å². The highest BCUT2D eigenvalue weighted by molar-refractivity contribution is 5.85. The van der Waals surface area contributed by atoms with Crippen LogP contribution in [0.1, 0.15) is 34.2 Å². The first kappa shape index (κ1) is 19.5. The quantitative estimate of drug-likeness (QED) is 0.418. The minimum atomic E-state index is -0.691. The van der Waals surface area contributed by atoms with Gasteiger partial charge in [0, 0.05) is 17.0 Å². The Kier molecular flexibility index (Phi) is 5.15. The summed E-state index contributed by atoms with van der Waals surface area (Å²) in [5, 5.41) is 10.7. The van der Waals surface area contributed by atoms with Gasteiger partial charge in [-0.1, -0.05) is 0 Å². The summed E-state index contributed by atoms with van der Waals surface area (Å²) >= 11 is 0. The highest BCUT2D eigenvalue weighted by atomic mass is 35.5. The van der Waals surface area contributed by atoms with Crippen molar-refractivity contribution in [2.24, 2.45) is 0 Å². The molecule has 0 fully saturated rings. The second-order valence-corrected chi connectivity index (χ2v) is 6.38. The molecule has 4 aromatic rings. The molecule has 3 aromatic heterocycles. The molecule has 0 amide bonds. The first-order valence-electron chi connectivity index (χ1n) is 8.35. The van der Waals surface area contributed by atoms with Gasteiger partial charge in [0.2, 0.25) is 0 Å². The van der Waals surface area contributed by atoms with Crippen LogP contribution in [0.5, 0.6) is 0 Å². The van der Waals surface area contributed by atoms with Gasteiger partial charge in [0.15, 0.2) is 0 Å². The van der Waals surface area contributed by atoms with Crippen molar-refractivity contribution in [2.45, 2.75) is 19.8 Å². The molecule has 28 heavy (non-hydrogen) atoms. The van der Waals surface area contributed by atoms with Gasteiger partial charge in [-0.15, -0.1) is 12.4 Å². The number of benzene rings is 1. The molecule has 7 nitrogen and oxygen atoms in total. The minimum Gasteiger partial charge on any atom is -0.460 e. The molecule has 0 saturated carbocycles. The zero-order chi connectivity index (χ0) is 19.1. The maximum Gasteiger partial charge on any atom is 0.268 e. The monoisotopic (exact) mass is 404 g/mol. The number of aromatic nitrogens is 4. The zero-order valence-electron chi connectivity index (χ0n) is 15.1. The number of hydrogen-bond acceptors (Lipinski definition) is 3. The third-order valence-electron chi connectivity index (χ3n) is 4.64. The minimum absolute atomic E-state index is 0. The van der Waals surface area contributed by atoms with Gasteiger partial charge in [-0.2, -0.15) is 0 Å². The summed E-state index contributed by atoms with van der Waals surface area (Å²) in [7, 11) is 0. The first-order valence-corrected chi connectivity index (χ1v) is 8.35. The molecule has 0 aliphatic rings. The summed E-state index contributed by atoms with van der Waals surface area (Å²) in [6.07, 6.45) is 0. The normalized spacial score (nSPS) is 11.0. The molecule has 0 aliphatic carbocycles. The van der Waals surface area contributed by atoms with Gasteiger partial charge in [0.25, 0.3) is 11.1 Å². The van der Waals surface area contributed by atoms with Crippen molar-refractivity contribution in [3.63, 3.8) is 0 Å². The lowest BCUT2D eigenvalue weighted by Crippen LogP contribution is -2.19. The molecule has 0 atom stereocenters. The average Bonchev–Trinajstić information content (AvgIpc) is 3.34. The summed E-state index contributed by atoms with van der Waals surface area (Å²) in [4.78, 5) is 24.8. The molecule has 0 unspecified atom stereocenters. The smallest absolute Gasteiger partial charge is 0.268 e. The van der Waals surface area contributed by atoms with E-state index in [0.717, 1.165) is 0 Å². The third kappa shape index (κ3) is 3.22. The Morgan fingerprint density at radius 2 is 1.36 bits per heavy atom. The van der Waals surface area contributed by atoms with E-state index >= 15 is 0 Å². The molecule has 0 aliphatic heterocycles. The molecule has 0 saturated heterocycles. The Balaban J connectivity index is 0.00000225. The van der Waals surface area contributed by atoms with Gasteiger partial charge >= 0.3 is 0 Å². The van der Waals surface area contributed by atoms with Gasteiger partial charge in [-0.05, 0) is 50.2 Å². The number of hydrogen-bond donors (Lipinski definition) is 4. The van der Waals surface area contributed by atoms with E-state index < -0.39 is 5.92 Å². The Morgan fingerprint density at radius 1 is 0.821 bits per heavy atom. The highest BCUT2D eigenvalue weighted by Gasteiger charge is 2.30. The number of aromatic amines is 4. The predicted octanol–water partition coefficient (Wildman–Crippen LogP) is 3.34. The van der Waals surface area contributed by atoms with Crippen molar-refractivity contribution < 1.29 is 8.81 Å². The standard InChI is InChI=1S/C19H17FN4O3.ClH/c1-9-15(18(25)23-21-9)17(16-10(2)22-24-19(16)26)14-8-7-13(27-14)11-3-5-12(20)6-4-11;/h3-8,17H,1-2H3,(H2,21,23,25)(H2,22,24,26);1H. The van der Waals surface area contributed by atoms with E-state index in [2.05, 4.69) is 20.4 Å². The Morgan fingerprint density at radius 3 is 1.82 bits per heavy atom. The number of aryl methyl sites for hydroxylation is 2. The van der Waals surface area contributed by atoms with Crippen molar-refractivity contribution >= 4 is 12.4 Å². The molecule has 3 heterocycles. The lowest BCUT2D eigenvalue weighted by Gasteiger charge is -2.12. The van der Waals surface area contributed by atoms with Crippen LogP contribution >= 0.6 is 12.4 Å². The SMILES string of the molecule is Cc1[nH][nH]c(=O)c1C(c1ccc(-c2ccc(F)cc2)o1)c1c(C)[nH][nH]c1=O.Cl. The number of halogens is 2. The Hall–Kier alpha value is -3.26. The molecular weight excluding hydrogens is 387 g/mol. The third-order valence-corrected chi connectivity index (χ3v) is 4.64. The first-order chi connectivity index (χ1) is 13.0. The molecule has 0 spiro atoms. The van der Waals surface area contributed by atoms with Crippen molar-refractivity contribution in [1.82, 2.24) is 20.4 Å². The number of nitrogens with one attached hydrogen (secondary N) is 4. The fourth-order valence-corrected chi connectivity index (χ4v) is 3.31. The van der Waals surface area contributed by atoms with E-state index in [-0.39, 0.29) is 29.3 Å². The second kappa shape index (κ2) is 7.40. The fraction of sp³-hybridized carbons (Fsp3) is 0.158. The molecule has 4 rings (SSSR count). The van der Waals surface area contributed by atoms with Crippen LogP contribution in [0.15, 0.2) is 50.4 Å². The largest absolute Gasteiger partial charge is 0.460 e. The summed E-state index contributed by atoms with van der Waals surface area (Å²) in [6.45, 7) is 3.50. The van der Waals surface area contributed by atoms with Gasteiger partial charge in [-0.25, -0.2) is 4.39 Å². The molecule has 4 N–H and O–H groups in total. The van der Waals surface area contributed by atoms with E-state index in [1.807, 2.05) is 0 Å². The van der Waals surface area contributed by atoms with Gasteiger partial charge in [0.05, 0.1) is 17.0 Å². The summed E-state index contributed by atoms with van der Waals surface area (Å²) in [5.74, 6) is -0.0727.